The molecule has 0 aliphatic heterocycles. The molecule has 2 rings (SSSR count). The van der Waals surface area contributed by atoms with Gasteiger partial charge in [0.05, 0.1) is 0 Å². The van der Waals surface area contributed by atoms with E-state index in [0.717, 1.165) is 29.9 Å². The zero-order valence-electron chi connectivity index (χ0n) is 10.4. The maximum absolute atomic E-state index is 5.92. The number of nitrogen functional groups attached to an aromatic ring is 1. The lowest BCUT2D eigenvalue weighted by Crippen LogP contribution is -2.04. The Morgan fingerprint density at radius 1 is 1.18 bits per heavy atom. The third-order valence-electron chi connectivity index (χ3n) is 2.83. The van der Waals surface area contributed by atoms with Crippen LogP contribution in [0, 0.1) is 6.92 Å². The van der Waals surface area contributed by atoms with E-state index in [1.165, 1.54) is 0 Å². The second-order valence-corrected chi connectivity index (χ2v) is 3.97. The van der Waals surface area contributed by atoms with Crippen molar-refractivity contribution in [1.29, 1.82) is 0 Å². The summed E-state index contributed by atoms with van der Waals surface area (Å²) in [4.78, 5) is 8.73. The van der Waals surface area contributed by atoms with Crippen molar-refractivity contribution in [3.8, 4) is 11.6 Å². The molecule has 2 aromatic rings. The van der Waals surface area contributed by atoms with Gasteiger partial charge in [0.2, 0.25) is 0 Å². The largest absolute Gasteiger partial charge is 0.458 e. The Bertz CT molecular complexity index is 508. The molecule has 4 heteroatoms. The quantitative estimate of drug-likeness (QED) is 0.882. The summed E-state index contributed by atoms with van der Waals surface area (Å²) in [7, 11) is 0. The maximum atomic E-state index is 5.92. The molecule has 2 heterocycles. The molecule has 2 N–H and O–H groups in total. The summed E-state index contributed by atoms with van der Waals surface area (Å²) in [5.74, 6) is 2.72. The maximum Gasteiger partial charge on any atom is 0.197 e. The molecule has 0 aliphatic carbocycles. The van der Waals surface area contributed by atoms with Crippen LogP contribution < -0.4 is 5.73 Å². The summed E-state index contributed by atoms with van der Waals surface area (Å²) < 4.78 is 5.62. The van der Waals surface area contributed by atoms with Crippen LogP contribution in [0.1, 0.15) is 30.9 Å². The first-order valence-corrected chi connectivity index (χ1v) is 5.87. The van der Waals surface area contributed by atoms with Gasteiger partial charge >= 0.3 is 0 Å². The fourth-order valence-corrected chi connectivity index (χ4v) is 1.85. The molecule has 90 valence electrons. The molecule has 2 aromatic heterocycles. The predicted molar refractivity (Wildman–Crippen MR) is 67.6 cm³/mol. The molecule has 17 heavy (non-hydrogen) atoms. The minimum absolute atomic E-state index is 0.546. The number of aromatic nitrogens is 2. The first-order chi connectivity index (χ1) is 8.15. The zero-order valence-corrected chi connectivity index (χ0v) is 10.4. The molecule has 0 saturated heterocycles. The number of hydrogen-bond acceptors (Lipinski definition) is 4. The van der Waals surface area contributed by atoms with Crippen LogP contribution in [0.4, 0.5) is 5.82 Å². The predicted octanol–water partition coefficient (Wildman–Crippen LogP) is 2.75. The van der Waals surface area contributed by atoms with Gasteiger partial charge < -0.3 is 10.2 Å². The Morgan fingerprint density at radius 3 is 2.47 bits per heavy atom. The Hall–Kier alpha value is -1.84. The summed E-state index contributed by atoms with van der Waals surface area (Å²) in [6, 6.07) is 3.83. The van der Waals surface area contributed by atoms with Gasteiger partial charge in [0.25, 0.3) is 0 Å². The Kier molecular flexibility index (Phi) is 3.13. The van der Waals surface area contributed by atoms with Crippen molar-refractivity contribution < 1.29 is 4.42 Å². The van der Waals surface area contributed by atoms with E-state index >= 15 is 0 Å². The van der Waals surface area contributed by atoms with Crippen molar-refractivity contribution in [2.24, 2.45) is 0 Å². The molecule has 0 fully saturated rings. The average Bonchev–Trinajstić information content (AvgIpc) is 2.77. The van der Waals surface area contributed by atoms with Crippen LogP contribution in [0.25, 0.3) is 11.6 Å². The van der Waals surface area contributed by atoms with Gasteiger partial charge in [-0.3, -0.25) is 0 Å². The smallest absolute Gasteiger partial charge is 0.197 e. The highest BCUT2D eigenvalue weighted by atomic mass is 16.3. The molecule has 0 aliphatic rings. The van der Waals surface area contributed by atoms with Crippen LogP contribution in [-0.4, -0.2) is 9.97 Å². The topological polar surface area (TPSA) is 64.9 Å². The van der Waals surface area contributed by atoms with Crippen LogP contribution in [-0.2, 0) is 12.8 Å². The first-order valence-electron chi connectivity index (χ1n) is 5.87. The third kappa shape index (κ3) is 2.16. The molecule has 0 aromatic carbocycles. The summed E-state index contributed by atoms with van der Waals surface area (Å²) in [6.07, 6.45) is 1.71. The normalized spacial score (nSPS) is 10.8. The fourth-order valence-electron chi connectivity index (χ4n) is 1.85. The highest BCUT2D eigenvalue weighted by Gasteiger charge is 2.11. The second-order valence-electron chi connectivity index (χ2n) is 3.97. The molecule has 0 saturated carbocycles. The number of aryl methyl sites for hydroxylation is 2. The Labute approximate surface area is 101 Å². The minimum atomic E-state index is 0.546. The van der Waals surface area contributed by atoms with Gasteiger partial charge in [-0.1, -0.05) is 13.8 Å². The Balaban J connectivity index is 2.46. The van der Waals surface area contributed by atoms with Crippen LogP contribution in [0.2, 0.25) is 0 Å². The standard InChI is InChI=1S/C13H17N3O/c1-4-9-6-7-11(17-9)13-15-8(3)10(5-2)12(14)16-13/h6-7H,4-5H2,1-3H3,(H2,14,15,16). The van der Waals surface area contributed by atoms with E-state index in [0.29, 0.717) is 17.4 Å². The van der Waals surface area contributed by atoms with Crippen molar-refractivity contribution in [3.05, 3.63) is 29.2 Å². The van der Waals surface area contributed by atoms with Crippen LogP contribution in [0.15, 0.2) is 16.5 Å². The van der Waals surface area contributed by atoms with Crippen LogP contribution in [0.5, 0.6) is 0 Å². The number of nitrogens with two attached hydrogens (primary N) is 1. The molecule has 0 bridgehead atoms. The highest BCUT2D eigenvalue weighted by molar-refractivity contribution is 5.53. The first kappa shape index (κ1) is 11.6. The second kappa shape index (κ2) is 4.57. The van der Waals surface area contributed by atoms with E-state index in [4.69, 9.17) is 10.2 Å². The van der Waals surface area contributed by atoms with E-state index in [2.05, 4.69) is 9.97 Å². The number of anilines is 1. The summed E-state index contributed by atoms with van der Waals surface area (Å²) in [6.45, 7) is 6.04. The summed E-state index contributed by atoms with van der Waals surface area (Å²) in [5, 5.41) is 0. The van der Waals surface area contributed by atoms with Crippen LogP contribution >= 0.6 is 0 Å². The van der Waals surface area contributed by atoms with Crippen molar-refractivity contribution in [1.82, 2.24) is 9.97 Å². The molecule has 0 radical (unpaired) electrons. The molecular formula is C13H17N3O. The lowest BCUT2D eigenvalue weighted by atomic mass is 10.1. The van der Waals surface area contributed by atoms with Crippen LogP contribution in [0.3, 0.4) is 0 Å². The molecule has 0 unspecified atom stereocenters. The van der Waals surface area contributed by atoms with E-state index in [-0.39, 0.29) is 0 Å². The SMILES string of the molecule is CCc1ccc(-c2nc(C)c(CC)c(N)n2)o1. The minimum Gasteiger partial charge on any atom is -0.458 e. The number of furan rings is 1. The lowest BCUT2D eigenvalue weighted by Gasteiger charge is -2.07. The molecule has 4 nitrogen and oxygen atoms in total. The average molecular weight is 231 g/mol. The van der Waals surface area contributed by atoms with Gasteiger partial charge in [0, 0.05) is 17.7 Å². The van der Waals surface area contributed by atoms with Gasteiger partial charge in [0.15, 0.2) is 11.6 Å². The lowest BCUT2D eigenvalue weighted by molar-refractivity contribution is 0.525. The summed E-state index contributed by atoms with van der Waals surface area (Å²) >= 11 is 0. The summed E-state index contributed by atoms with van der Waals surface area (Å²) in [5.41, 5.74) is 7.85. The van der Waals surface area contributed by atoms with Gasteiger partial charge in [-0.05, 0) is 25.5 Å². The number of nitrogens with zero attached hydrogens (tertiary/aromatic N) is 2. The van der Waals surface area contributed by atoms with Crippen molar-refractivity contribution >= 4 is 5.82 Å². The van der Waals surface area contributed by atoms with Gasteiger partial charge in [-0.25, -0.2) is 9.97 Å². The van der Waals surface area contributed by atoms with Gasteiger partial charge in [0.1, 0.15) is 11.6 Å². The zero-order chi connectivity index (χ0) is 12.4. The van der Waals surface area contributed by atoms with Crippen molar-refractivity contribution in [2.45, 2.75) is 33.6 Å². The third-order valence-corrected chi connectivity index (χ3v) is 2.83. The number of rotatable bonds is 3. The van der Waals surface area contributed by atoms with Gasteiger partial charge in [-0.2, -0.15) is 0 Å². The highest BCUT2D eigenvalue weighted by Crippen LogP contribution is 2.22. The number of hydrogen-bond donors (Lipinski definition) is 1. The van der Waals surface area contributed by atoms with Crippen molar-refractivity contribution in [3.63, 3.8) is 0 Å². The van der Waals surface area contributed by atoms with E-state index < -0.39 is 0 Å². The van der Waals surface area contributed by atoms with E-state index in [1.54, 1.807) is 0 Å². The monoisotopic (exact) mass is 231 g/mol. The van der Waals surface area contributed by atoms with E-state index in [9.17, 15) is 0 Å². The van der Waals surface area contributed by atoms with Crippen molar-refractivity contribution in [2.75, 3.05) is 5.73 Å². The fraction of sp³-hybridized carbons (Fsp3) is 0.385. The van der Waals surface area contributed by atoms with Gasteiger partial charge in [-0.15, -0.1) is 0 Å². The van der Waals surface area contributed by atoms with E-state index in [1.807, 2.05) is 32.9 Å². The molecular weight excluding hydrogens is 214 g/mol. The Morgan fingerprint density at radius 2 is 1.94 bits per heavy atom. The molecule has 0 amide bonds. The molecule has 0 spiro atoms. The molecule has 0 atom stereocenters.